The summed E-state index contributed by atoms with van der Waals surface area (Å²) in [4.78, 5) is 12.1. The fourth-order valence-electron chi connectivity index (χ4n) is 3.70. The van der Waals surface area contributed by atoms with Gasteiger partial charge in [0.05, 0.1) is 12.1 Å². The van der Waals surface area contributed by atoms with Gasteiger partial charge in [-0.15, -0.1) is 0 Å². The first-order valence-electron chi connectivity index (χ1n) is 9.68. The lowest BCUT2D eigenvalue weighted by molar-refractivity contribution is 0.144. The molecule has 0 aliphatic heterocycles. The topological polar surface area (TPSA) is 64.3 Å². The van der Waals surface area contributed by atoms with Crippen LogP contribution in [-0.2, 0) is 4.74 Å². The van der Waals surface area contributed by atoms with Gasteiger partial charge >= 0.3 is 6.09 Å². The molecule has 0 aromatic heterocycles. The Labute approximate surface area is 174 Å². The number of anilines is 1. The number of hydrogen-bond acceptors (Lipinski definition) is 3. The number of ether oxygens (including phenoxy) is 1. The molecule has 0 atom stereocenters. The zero-order chi connectivity index (χ0) is 21.1. The molecule has 0 fully saturated rings. The zero-order valence-electron chi connectivity index (χ0n) is 16.5. The van der Waals surface area contributed by atoms with Crippen LogP contribution in [0.2, 0.25) is 0 Å². The van der Waals surface area contributed by atoms with E-state index >= 15 is 0 Å². The number of hydrogen-bond donors (Lipinski definition) is 2. The van der Waals surface area contributed by atoms with Crippen molar-refractivity contribution >= 4 is 11.8 Å². The molecule has 0 saturated heterocycles. The van der Waals surface area contributed by atoms with Gasteiger partial charge in [-0.2, -0.15) is 0 Å². The Kier molecular flexibility index (Phi) is 5.40. The van der Waals surface area contributed by atoms with Gasteiger partial charge in [0.25, 0.3) is 0 Å². The summed E-state index contributed by atoms with van der Waals surface area (Å²) < 4.78 is 19.3. The fraction of sp³-hybridized carbons (Fsp3) is 0.160. The SMILES string of the molecule is Cc1cc(C#CCNC(=O)OCC2c3ccccc3-c3ccccc32)c(F)cc1N. The maximum Gasteiger partial charge on any atom is 0.407 e. The molecule has 30 heavy (non-hydrogen) atoms. The molecule has 5 heteroatoms. The molecule has 0 spiro atoms. The first kappa shape index (κ1) is 19.5. The third kappa shape index (κ3) is 3.85. The van der Waals surface area contributed by atoms with Gasteiger partial charge in [-0.25, -0.2) is 9.18 Å². The number of amides is 1. The Bertz CT molecular complexity index is 1130. The molecular weight excluding hydrogens is 379 g/mol. The molecule has 3 N–H and O–H groups in total. The fourth-order valence-corrected chi connectivity index (χ4v) is 3.70. The van der Waals surface area contributed by atoms with Gasteiger partial charge in [-0.1, -0.05) is 60.4 Å². The third-order valence-electron chi connectivity index (χ3n) is 5.24. The van der Waals surface area contributed by atoms with E-state index in [1.807, 2.05) is 24.3 Å². The van der Waals surface area contributed by atoms with E-state index in [1.165, 1.54) is 17.2 Å². The Balaban J connectivity index is 1.36. The van der Waals surface area contributed by atoms with Crippen molar-refractivity contribution in [3.8, 4) is 23.0 Å². The van der Waals surface area contributed by atoms with Gasteiger partial charge in [0.1, 0.15) is 12.4 Å². The zero-order valence-corrected chi connectivity index (χ0v) is 16.5. The Morgan fingerprint density at radius 3 is 2.40 bits per heavy atom. The van der Waals surface area contributed by atoms with Crippen molar-refractivity contribution in [1.29, 1.82) is 0 Å². The molecule has 3 aromatic carbocycles. The molecule has 0 radical (unpaired) electrons. The summed E-state index contributed by atoms with van der Waals surface area (Å²) in [7, 11) is 0. The van der Waals surface area contributed by atoms with Crippen LogP contribution in [0.25, 0.3) is 11.1 Å². The molecule has 1 aliphatic rings. The highest BCUT2D eigenvalue weighted by molar-refractivity contribution is 5.79. The number of fused-ring (bicyclic) bond motifs is 3. The van der Waals surface area contributed by atoms with Gasteiger partial charge < -0.3 is 15.8 Å². The Morgan fingerprint density at radius 1 is 1.10 bits per heavy atom. The highest BCUT2D eigenvalue weighted by Crippen LogP contribution is 2.44. The van der Waals surface area contributed by atoms with Crippen LogP contribution in [0.3, 0.4) is 0 Å². The molecule has 1 aliphatic carbocycles. The molecule has 0 saturated carbocycles. The van der Waals surface area contributed by atoms with Crippen molar-refractivity contribution in [1.82, 2.24) is 5.32 Å². The summed E-state index contributed by atoms with van der Waals surface area (Å²) in [6, 6.07) is 19.1. The maximum atomic E-state index is 13.9. The standard InChI is InChI=1S/C25H21FN2O2/c1-16-13-17(23(26)14-24(16)27)7-6-12-28-25(29)30-15-22-20-10-4-2-8-18(20)19-9-3-5-11-21(19)22/h2-5,8-11,13-14,22H,12,15,27H2,1H3,(H,28,29). The lowest BCUT2D eigenvalue weighted by atomic mass is 9.98. The summed E-state index contributed by atoms with van der Waals surface area (Å²) in [6.07, 6.45) is -0.555. The minimum absolute atomic E-state index is 0.00100. The summed E-state index contributed by atoms with van der Waals surface area (Å²) in [6.45, 7) is 2.08. The molecule has 1 amide bonds. The predicted octanol–water partition coefficient (Wildman–Crippen LogP) is 4.61. The van der Waals surface area contributed by atoms with E-state index in [4.69, 9.17) is 10.5 Å². The van der Waals surface area contributed by atoms with E-state index in [1.54, 1.807) is 13.0 Å². The lowest BCUT2D eigenvalue weighted by Crippen LogP contribution is -2.26. The lowest BCUT2D eigenvalue weighted by Gasteiger charge is -2.14. The molecule has 4 nitrogen and oxygen atoms in total. The molecule has 0 bridgehead atoms. The van der Waals surface area contributed by atoms with Crippen LogP contribution in [0.15, 0.2) is 60.7 Å². The van der Waals surface area contributed by atoms with Crippen LogP contribution in [0.1, 0.15) is 28.2 Å². The average molecular weight is 400 g/mol. The Hall–Kier alpha value is -3.78. The predicted molar refractivity (Wildman–Crippen MR) is 115 cm³/mol. The van der Waals surface area contributed by atoms with Crippen LogP contribution in [-0.4, -0.2) is 19.2 Å². The van der Waals surface area contributed by atoms with Crippen LogP contribution in [0.5, 0.6) is 0 Å². The first-order valence-corrected chi connectivity index (χ1v) is 9.68. The first-order chi connectivity index (χ1) is 14.5. The number of carbonyl (C=O) groups is 1. The van der Waals surface area contributed by atoms with Gasteiger partial charge in [-0.3, -0.25) is 0 Å². The third-order valence-corrected chi connectivity index (χ3v) is 5.24. The number of halogens is 1. The van der Waals surface area contributed by atoms with E-state index in [0.717, 1.165) is 16.7 Å². The number of nitrogen functional groups attached to an aromatic ring is 1. The van der Waals surface area contributed by atoms with Crippen molar-refractivity contribution in [2.24, 2.45) is 0 Å². The Morgan fingerprint density at radius 2 is 1.73 bits per heavy atom. The number of alkyl carbamates (subject to hydrolysis) is 1. The maximum absolute atomic E-state index is 13.9. The van der Waals surface area contributed by atoms with E-state index in [2.05, 4.69) is 41.4 Å². The number of carbonyl (C=O) groups excluding carboxylic acids is 1. The number of nitrogens with one attached hydrogen (secondary N) is 1. The summed E-state index contributed by atoms with van der Waals surface area (Å²) in [5.41, 5.74) is 11.7. The van der Waals surface area contributed by atoms with Crippen molar-refractivity contribution in [3.63, 3.8) is 0 Å². The normalized spacial score (nSPS) is 11.8. The average Bonchev–Trinajstić information content (AvgIpc) is 3.07. The molecule has 150 valence electrons. The van der Waals surface area contributed by atoms with Crippen molar-refractivity contribution in [2.45, 2.75) is 12.8 Å². The highest BCUT2D eigenvalue weighted by Gasteiger charge is 2.28. The van der Waals surface area contributed by atoms with Gasteiger partial charge in [0.15, 0.2) is 0 Å². The number of aryl methyl sites for hydroxylation is 1. The minimum Gasteiger partial charge on any atom is -0.449 e. The minimum atomic E-state index is -0.555. The smallest absolute Gasteiger partial charge is 0.407 e. The monoisotopic (exact) mass is 400 g/mol. The van der Waals surface area contributed by atoms with Crippen LogP contribution in [0, 0.1) is 24.6 Å². The summed E-state index contributed by atoms with van der Waals surface area (Å²) in [5.74, 6) is 4.97. The van der Waals surface area contributed by atoms with Gasteiger partial charge in [0.2, 0.25) is 0 Å². The highest BCUT2D eigenvalue weighted by atomic mass is 19.1. The molecule has 4 rings (SSSR count). The van der Waals surface area contributed by atoms with Gasteiger partial charge in [-0.05, 0) is 46.9 Å². The van der Waals surface area contributed by atoms with E-state index in [0.29, 0.717) is 5.69 Å². The van der Waals surface area contributed by atoms with Crippen molar-refractivity contribution in [3.05, 3.63) is 88.7 Å². The summed E-state index contributed by atoms with van der Waals surface area (Å²) >= 11 is 0. The van der Waals surface area contributed by atoms with Gasteiger partial charge in [0, 0.05) is 11.6 Å². The van der Waals surface area contributed by atoms with Crippen LogP contribution in [0.4, 0.5) is 14.9 Å². The number of nitrogens with two attached hydrogens (primary N) is 1. The quantitative estimate of drug-likeness (QED) is 0.499. The second kappa shape index (κ2) is 8.30. The molecule has 0 unspecified atom stereocenters. The second-order valence-electron chi connectivity index (χ2n) is 7.17. The largest absolute Gasteiger partial charge is 0.449 e. The second-order valence-corrected chi connectivity index (χ2v) is 7.17. The van der Waals surface area contributed by atoms with E-state index in [9.17, 15) is 9.18 Å². The molecule has 0 heterocycles. The molecule has 3 aromatic rings. The number of rotatable bonds is 3. The number of benzene rings is 3. The summed E-state index contributed by atoms with van der Waals surface area (Å²) in [5, 5.41) is 2.59. The van der Waals surface area contributed by atoms with E-state index < -0.39 is 11.9 Å². The van der Waals surface area contributed by atoms with Crippen LogP contribution < -0.4 is 11.1 Å². The van der Waals surface area contributed by atoms with Crippen LogP contribution >= 0.6 is 0 Å². The van der Waals surface area contributed by atoms with Crippen molar-refractivity contribution in [2.75, 3.05) is 18.9 Å². The molecular formula is C25H21FN2O2. The van der Waals surface area contributed by atoms with E-state index in [-0.39, 0.29) is 24.6 Å². The van der Waals surface area contributed by atoms with Crippen molar-refractivity contribution < 1.29 is 13.9 Å².